The minimum Gasteiger partial charge on any atom is -0.335 e. The van der Waals surface area contributed by atoms with Crippen LogP contribution in [-0.4, -0.2) is 71.4 Å². The van der Waals surface area contributed by atoms with Gasteiger partial charge in [-0.05, 0) is 32.4 Å². The van der Waals surface area contributed by atoms with E-state index in [0.717, 1.165) is 5.69 Å². The van der Waals surface area contributed by atoms with Crippen molar-refractivity contribution in [1.82, 2.24) is 39.9 Å². The first-order chi connectivity index (χ1) is 14.5. The second-order valence-corrected chi connectivity index (χ2v) is 7.18. The number of carbonyl (C=O) groups excluding carboxylic acids is 2. The number of carbonyl (C=O) groups is 2. The molecule has 1 fully saturated rings. The molecule has 3 aromatic rings. The van der Waals surface area contributed by atoms with E-state index in [1.54, 1.807) is 47.4 Å². The van der Waals surface area contributed by atoms with Crippen molar-refractivity contribution >= 4 is 11.8 Å². The Morgan fingerprint density at radius 3 is 2.53 bits per heavy atom. The van der Waals surface area contributed by atoms with Crippen LogP contribution in [0.25, 0.3) is 0 Å². The number of rotatable bonds is 3. The lowest BCUT2D eigenvalue weighted by Gasteiger charge is -2.30. The summed E-state index contributed by atoms with van der Waals surface area (Å²) in [6.45, 7) is 4.85. The lowest BCUT2D eigenvalue weighted by atomic mass is 10.1. The smallest absolute Gasteiger partial charge is 0.274 e. The zero-order chi connectivity index (χ0) is 21.1. The summed E-state index contributed by atoms with van der Waals surface area (Å²) in [7, 11) is 0. The van der Waals surface area contributed by atoms with Gasteiger partial charge in [-0.1, -0.05) is 0 Å². The van der Waals surface area contributed by atoms with Crippen molar-refractivity contribution in [3.8, 4) is 0 Å². The van der Waals surface area contributed by atoms with E-state index < -0.39 is 6.04 Å². The van der Waals surface area contributed by atoms with Gasteiger partial charge < -0.3 is 9.80 Å². The number of H-pyrrole nitrogens is 1. The maximum absolute atomic E-state index is 13.2. The van der Waals surface area contributed by atoms with Crippen molar-refractivity contribution in [1.29, 1.82) is 0 Å². The molecule has 1 unspecified atom stereocenters. The molecule has 0 bridgehead atoms. The molecule has 0 aliphatic carbocycles. The Balaban J connectivity index is 1.65. The largest absolute Gasteiger partial charge is 0.335 e. The molecule has 154 valence electrons. The van der Waals surface area contributed by atoms with Gasteiger partial charge in [0.1, 0.15) is 17.6 Å². The highest BCUT2D eigenvalue weighted by Gasteiger charge is 2.35. The van der Waals surface area contributed by atoms with Crippen LogP contribution in [0, 0.1) is 13.8 Å². The van der Waals surface area contributed by atoms with E-state index in [2.05, 4.69) is 30.1 Å². The highest BCUT2D eigenvalue weighted by Crippen LogP contribution is 2.25. The molecule has 1 aliphatic heterocycles. The molecule has 1 N–H and O–H groups in total. The summed E-state index contributed by atoms with van der Waals surface area (Å²) in [5.74, 6) is 0.754. The van der Waals surface area contributed by atoms with Crippen LogP contribution < -0.4 is 0 Å². The summed E-state index contributed by atoms with van der Waals surface area (Å²) in [6, 6.07) is 2.87. The fourth-order valence-electron chi connectivity index (χ4n) is 3.47. The number of hydrogen-bond donors (Lipinski definition) is 1. The molecule has 2 amide bonds. The average Bonchev–Trinajstić information content (AvgIpc) is 3.07. The van der Waals surface area contributed by atoms with Gasteiger partial charge in [0.15, 0.2) is 5.82 Å². The van der Waals surface area contributed by atoms with Crippen molar-refractivity contribution in [3.05, 3.63) is 65.5 Å². The highest BCUT2D eigenvalue weighted by molar-refractivity contribution is 5.95. The average molecular weight is 406 g/mol. The van der Waals surface area contributed by atoms with Gasteiger partial charge in [-0.15, -0.1) is 0 Å². The minimum atomic E-state index is -0.486. The van der Waals surface area contributed by atoms with E-state index in [1.165, 1.54) is 6.20 Å². The molecule has 0 spiro atoms. The van der Waals surface area contributed by atoms with Crippen molar-refractivity contribution in [2.75, 3.05) is 19.6 Å². The molecule has 4 heterocycles. The van der Waals surface area contributed by atoms with Crippen molar-refractivity contribution < 1.29 is 9.59 Å². The number of pyridine rings is 1. The monoisotopic (exact) mass is 406 g/mol. The number of nitrogens with one attached hydrogen (secondary N) is 1. The van der Waals surface area contributed by atoms with Crippen LogP contribution >= 0.6 is 0 Å². The van der Waals surface area contributed by atoms with Gasteiger partial charge in [0.25, 0.3) is 11.8 Å². The van der Waals surface area contributed by atoms with Gasteiger partial charge in [0.2, 0.25) is 0 Å². The second kappa shape index (κ2) is 8.36. The summed E-state index contributed by atoms with van der Waals surface area (Å²) >= 11 is 0. The zero-order valence-corrected chi connectivity index (χ0v) is 16.8. The first-order valence-electron chi connectivity index (χ1n) is 9.71. The summed E-state index contributed by atoms with van der Waals surface area (Å²) in [6.07, 6.45) is 6.85. The van der Waals surface area contributed by atoms with Gasteiger partial charge in [0.05, 0.1) is 11.9 Å². The van der Waals surface area contributed by atoms with Crippen LogP contribution in [0.1, 0.15) is 50.7 Å². The number of hydrogen-bond acceptors (Lipinski definition) is 7. The highest BCUT2D eigenvalue weighted by atomic mass is 16.2. The molecule has 30 heavy (non-hydrogen) atoms. The van der Waals surface area contributed by atoms with E-state index in [4.69, 9.17) is 0 Å². The Hall–Kier alpha value is -3.69. The maximum Gasteiger partial charge on any atom is 0.274 e. The van der Waals surface area contributed by atoms with Crippen LogP contribution in [0.3, 0.4) is 0 Å². The SMILES string of the molecule is Cc1cnc(C(=O)N2CCCN(C(=O)c3ccncc3)C(c3n[nH]c(C)n3)C2)cn1. The number of aromatic amines is 1. The Morgan fingerprint density at radius 1 is 1.07 bits per heavy atom. The predicted octanol–water partition coefficient (Wildman–Crippen LogP) is 1.34. The van der Waals surface area contributed by atoms with Gasteiger partial charge in [-0.25, -0.2) is 9.97 Å². The van der Waals surface area contributed by atoms with Crippen molar-refractivity contribution in [2.24, 2.45) is 0 Å². The number of nitrogens with zero attached hydrogens (tertiary/aromatic N) is 7. The van der Waals surface area contributed by atoms with Crippen LogP contribution in [0.5, 0.6) is 0 Å². The van der Waals surface area contributed by atoms with Gasteiger partial charge in [-0.3, -0.25) is 24.7 Å². The standard InChI is InChI=1S/C20H22N8O2/c1-13-10-23-16(11-22-13)20(30)27-8-3-9-28(19(29)15-4-6-21-7-5-15)17(12-27)18-24-14(2)25-26-18/h4-7,10-11,17H,3,8-9,12H2,1-2H3,(H,24,25,26). The topological polar surface area (TPSA) is 121 Å². The fraction of sp³-hybridized carbons (Fsp3) is 0.350. The molecular formula is C20H22N8O2. The molecule has 3 aromatic heterocycles. The van der Waals surface area contributed by atoms with E-state index >= 15 is 0 Å². The first-order valence-corrected chi connectivity index (χ1v) is 9.71. The Labute approximate surface area is 173 Å². The van der Waals surface area contributed by atoms with Crippen LogP contribution in [0.4, 0.5) is 0 Å². The third kappa shape index (κ3) is 4.02. The van der Waals surface area contributed by atoms with E-state index in [-0.39, 0.29) is 24.1 Å². The molecule has 10 nitrogen and oxygen atoms in total. The van der Waals surface area contributed by atoms with E-state index in [0.29, 0.717) is 36.7 Å². The van der Waals surface area contributed by atoms with Gasteiger partial charge >= 0.3 is 0 Å². The lowest BCUT2D eigenvalue weighted by molar-refractivity contribution is 0.0620. The Morgan fingerprint density at radius 2 is 1.87 bits per heavy atom. The second-order valence-electron chi connectivity index (χ2n) is 7.18. The number of aryl methyl sites for hydroxylation is 2. The summed E-state index contributed by atoms with van der Waals surface area (Å²) in [5, 5.41) is 7.11. The fourth-order valence-corrected chi connectivity index (χ4v) is 3.47. The van der Waals surface area contributed by atoms with Crippen molar-refractivity contribution in [2.45, 2.75) is 26.3 Å². The zero-order valence-electron chi connectivity index (χ0n) is 16.8. The third-order valence-corrected chi connectivity index (χ3v) is 4.98. The van der Waals surface area contributed by atoms with E-state index in [1.807, 2.05) is 6.92 Å². The Bertz CT molecular complexity index is 1030. The molecule has 4 rings (SSSR count). The van der Waals surface area contributed by atoms with Crippen LogP contribution in [0.2, 0.25) is 0 Å². The number of amides is 2. The molecule has 1 atom stereocenters. The number of aromatic nitrogens is 6. The van der Waals surface area contributed by atoms with Crippen LogP contribution in [0.15, 0.2) is 36.9 Å². The quantitative estimate of drug-likeness (QED) is 0.696. The normalized spacial score (nSPS) is 16.9. The molecular weight excluding hydrogens is 384 g/mol. The molecule has 1 aliphatic rings. The van der Waals surface area contributed by atoms with E-state index in [9.17, 15) is 9.59 Å². The predicted molar refractivity (Wildman–Crippen MR) is 106 cm³/mol. The van der Waals surface area contributed by atoms with Gasteiger partial charge in [0, 0.05) is 43.8 Å². The summed E-state index contributed by atoms with van der Waals surface area (Å²) < 4.78 is 0. The molecule has 0 aromatic carbocycles. The van der Waals surface area contributed by atoms with Crippen LogP contribution in [-0.2, 0) is 0 Å². The summed E-state index contributed by atoms with van der Waals surface area (Å²) in [5.41, 5.74) is 1.55. The van der Waals surface area contributed by atoms with Crippen molar-refractivity contribution in [3.63, 3.8) is 0 Å². The molecule has 0 radical (unpaired) electrons. The van der Waals surface area contributed by atoms with Gasteiger partial charge in [-0.2, -0.15) is 5.10 Å². The third-order valence-electron chi connectivity index (χ3n) is 4.98. The molecule has 1 saturated heterocycles. The lowest BCUT2D eigenvalue weighted by Crippen LogP contribution is -2.41. The summed E-state index contributed by atoms with van der Waals surface area (Å²) in [4.78, 5) is 46.5. The molecule has 0 saturated carbocycles. The minimum absolute atomic E-state index is 0.144. The molecule has 10 heteroatoms. The maximum atomic E-state index is 13.2. The first kappa shape index (κ1) is 19.6. The Kier molecular flexibility index (Phi) is 5.46.